The van der Waals surface area contributed by atoms with Crippen LogP contribution in [0.15, 0.2) is 23.6 Å². The van der Waals surface area contributed by atoms with E-state index in [1.807, 2.05) is 12.2 Å². The van der Waals surface area contributed by atoms with Crippen LogP contribution in [0.1, 0.15) is 6.42 Å². The molecule has 0 aromatic carbocycles. The van der Waals surface area contributed by atoms with Gasteiger partial charge in [0.05, 0.1) is 6.61 Å². The first-order chi connectivity index (χ1) is 5.36. The van der Waals surface area contributed by atoms with E-state index >= 15 is 0 Å². The van der Waals surface area contributed by atoms with Gasteiger partial charge in [-0.25, -0.2) is 0 Å². The molecule has 0 saturated carbocycles. The summed E-state index contributed by atoms with van der Waals surface area (Å²) in [5.41, 5.74) is 6.56. The maximum atomic E-state index is 5.65. The number of allylic oxidation sites excluding steroid dienone is 3. The molecular weight excluding hydrogens is 142 g/mol. The van der Waals surface area contributed by atoms with Crippen molar-refractivity contribution in [1.29, 1.82) is 0 Å². The van der Waals surface area contributed by atoms with E-state index in [4.69, 9.17) is 15.2 Å². The Labute approximate surface area is 65.5 Å². The van der Waals surface area contributed by atoms with Gasteiger partial charge in [-0.1, -0.05) is 0 Å². The smallest absolute Gasteiger partial charge is 0.188 e. The molecule has 0 bridgehead atoms. The Morgan fingerprint density at radius 2 is 2.36 bits per heavy atom. The average molecular weight is 153 g/mol. The Hall–Kier alpha value is -0.960. The number of hydrogen-bond acceptors (Lipinski definition) is 3. The van der Waals surface area contributed by atoms with E-state index in [2.05, 4.69) is 0 Å². The van der Waals surface area contributed by atoms with Crippen molar-refractivity contribution < 1.29 is 9.47 Å². The summed E-state index contributed by atoms with van der Waals surface area (Å²) >= 11 is 0. The van der Waals surface area contributed by atoms with Crippen molar-refractivity contribution in [3.63, 3.8) is 0 Å². The average Bonchev–Trinajstić information content (AvgIpc) is 2.04. The van der Waals surface area contributed by atoms with Crippen LogP contribution >= 0.6 is 0 Å². The summed E-state index contributed by atoms with van der Waals surface area (Å²) in [5, 5.41) is 0. The molecule has 0 radical (unpaired) electrons. The van der Waals surface area contributed by atoms with Gasteiger partial charge in [0.15, 0.2) is 6.79 Å². The van der Waals surface area contributed by atoms with E-state index in [1.54, 1.807) is 0 Å². The second-order valence-electron chi connectivity index (χ2n) is 2.84. The summed E-state index contributed by atoms with van der Waals surface area (Å²) in [6.07, 6.45) is 4.70. The molecule has 0 spiro atoms. The molecule has 1 fully saturated rings. The van der Waals surface area contributed by atoms with Crippen LogP contribution in [0.2, 0.25) is 0 Å². The summed E-state index contributed by atoms with van der Waals surface area (Å²) in [6.45, 7) is 1.12. The van der Waals surface area contributed by atoms with Gasteiger partial charge in [-0.05, 0) is 18.6 Å². The van der Waals surface area contributed by atoms with Crippen LogP contribution in [0, 0.1) is 5.92 Å². The minimum Gasteiger partial charge on any atom is -0.472 e. The fraction of sp³-hybridized carbons (Fsp3) is 0.500. The van der Waals surface area contributed by atoms with Crippen LogP contribution in [0.5, 0.6) is 0 Å². The van der Waals surface area contributed by atoms with E-state index in [0.29, 0.717) is 12.7 Å². The Morgan fingerprint density at radius 1 is 1.45 bits per heavy atom. The third kappa shape index (κ3) is 1.24. The highest BCUT2D eigenvalue weighted by Crippen LogP contribution is 2.26. The van der Waals surface area contributed by atoms with Gasteiger partial charge in [-0.15, -0.1) is 0 Å². The first-order valence-electron chi connectivity index (χ1n) is 3.73. The standard InChI is InChI=1S/C8H11NO2/c9-7-1-2-8-6(3-7)4-10-5-11-8/h1-2,6H,3-5,9H2/t6-/m1/s1. The fourth-order valence-corrected chi connectivity index (χ4v) is 1.39. The maximum absolute atomic E-state index is 5.65. The van der Waals surface area contributed by atoms with E-state index in [9.17, 15) is 0 Å². The van der Waals surface area contributed by atoms with Crippen LogP contribution in [0.3, 0.4) is 0 Å². The molecule has 0 unspecified atom stereocenters. The van der Waals surface area contributed by atoms with Crippen molar-refractivity contribution in [2.24, 2.45) is 11.7 Å². The zero-order chi connectivity index (χ0) is 7.68. The van der Waals surface area contributed by atoms with Crippen molar-refractivity contribution in [2.75, 3.05) is 13.4 Å². The van der Waals surface area contributed by atoms with Gasteiger partial charge < -0.3 is 15.2 Å². The summed E-state index contributed by atoms with van der Waals surface area (Å²) in [7, 11) is 0. The Morgan fingerprint density at radius 3 is 3.27 bits per heavy atom. The number of ether oxygens (including phenoxy) is 2. The molecule has 2 N–H and O–H groups in total. The van der Waals surface area contributed by atoms with Gasteiger partial charge >= 0.3 is 0 Å². The number of rotatable bonds is 0. The van der Waals surface area contributed by atoms with Gasteiger partial charge in [0.25, 0.3) is 0 Å². The second-order valence-corrected chi connectivity index (χ2v) is 2.84. The van der Waals surface area contributed by atoms with Gasteiger partial charge in [0.1, 0.15) is 5.76 Å². The predicted octanol–water partition coefficient (Wildman–Crippen LogP) is 0.737. The van der Waals surface area contributed by atoms with Gasteiger partial charge in [-0.3, -0.25) is 0 Å². The molecular formula is C8H11NO2. The third-order valence-corrected chi connectivity index (χ3v) is 1.97. The SMILES string of the molecule is NC1=CC=C2OCOC[C@H]2C1. The Bertz CT molecular complexity index is 220. The first kappa shape index (κ1) is 6.73. The molecule has 11 heavy (non-hydrogen) atoms. The largest absolute Gasteiger partial charge is 0.472 e. The number of fused-ring (bicyclic) bond motifs is 1. The topological polar surface area (TPSA) is 44.5 Å². The minimum atomic E-state index is 0.355. The van der Waals surface area contributed by atoms with Crippen molar-refractivity contribution in [2.45, 2.75) is 6.42 Å². The van der Waals surface area contributed by atoms with E-state index in [0.717, 1.165) is 24.5 Å². The first-order valence-corrected chi connectivity index (χ1v) is 3.73. The maximum Gasteiger partial charge on any atom is 0.188 e. The van der Waals surface area contributed by atoms with Crippen molar-refractivity contribution >= 4 is 0 Å². The van der Waals surface area contributed by atoms with E-state index in [-0.39, 0.29) is 0 Å². The summed E-state index contributed by atoms with van der Waals surface area (Å²) in [6, 6.07) is 0. The monoisotopic (exact) mass is 153 g/mol. The molecule has 2 aliphatic rings. The van der Waals surface area contributed by atoms with Crippen LogP contribution in [-0.2, 0) is 9.47 Å². The predicted molar refractivity (Wildman–Crippen MR) is 40.4 cm³/mol. The lowest BCUT2D eigenvalue weighted by molar-refractivity contribution is -0.0863. The molecule has 2 rings (SSSR count). The van der Waals surface area contributed by atoms with Crippen LogP contribution in [-0.4, -0.2) is 13.4 Å². The zero-order valence-corrected chi connectivity index (χ0v) is 6.25. The molecule has 0 aromatic heterocycles. The third-order valence-electron chi connectivity index (χ3n) is 1.97. The fourth-order valence-electron chi connectivity index (χ4n) is 1.39. The second kappa shape index (κ2) is 2.58. The molecule has 0 amide bonds. The Balaban J connectivity index is 2.16. The van der Waals surface area contributed by atoms with Gasteiger partial charge in [0, 0.05) is 11.6 Å². The summed E-state index contributed by atoms with van der Waals surface area (Å²) in [4.78, 5) is 0. The molecule has 1 heterocycles. The molecule has 3 heteroatoms. The number of hydrogen-bond donors (Lipinski definition) is 1. The highest BCUT2D eigenvalue weighted by atomic mass is 16.7. The lowest BCUT2D eigenvalue weighted by atomic mass is 9.97. The van der Waals surface area contributed by atoms with Crippen molar-refractivity contribution in [3.05, 3.63) is 23.6 Å². The minimum absolute atomic E-state index is 0.355. The van der Waals surface area contributed by atoms with E-state index in [1.165, 1.54) is 0 Å². The molecule has 1 saturated heterocycles. The molecule has 60 valence electrons. The van der Waals surface area contributed by atoms with Crippen LogP contribution < -0.4 is 5.73 Å². The van der Waals surface area contributed by atoms with Gasteiger partial charge in [0.2, 0.25) is 0 Å². The molecule has 1 aliphatic heterocycles. The number of nitrogens with two attached hydrogens (primary N) is 1. The molecule has 1 aliphatic carbocycles. The molecule has 3 nitrogen and oxygen atoms in total. The highest BCUT2D eigenvalue weighted by molar-refractivity contribution is 5.22. The normalized spacial score (nSPS) is 29.6. The lowest BCUT2D eigenvalue weighted by Crippen LogP contribution is -2.25. The van der Waals surface area contributed by atoms with Crippen LogP contribution in [0.4, 0.5) is 0 Å². The van der Waals surface area contributed by atoms with Crippen molar-refractivity contribution in [3.8, 4) is 0 Å². The quantitative estimate of drug-likeness (QED) is 0.558. The highest BCUT2D eigenvalue weighted by Gasteiger charge is 2.23. The van der Waals surface area contributed by atoms with Crippen molar-refractivity contribution in [1.82, 2.24) is 0 Å². The lowest BCUT2D eigenvalue weighted by Gasteiger charge is -2.27. The zero-order valence-electron chi connectivity index (χ0n) is 6.25. The summed E-state index contributed by atoms with van der Waals surface area (Å²) in [5.74, 6) is 1.37. The van der Waals surface area contributed by atoms with Gasteiger partial charge in [-0.2, -0.15) is 0 Å². The van der Waals surface area contributed by atoms with E-state index < -0.39 is 0 Å². The van der Waals surface area contributed by atoms with Crippen LogP contribution in [0.25, 0.3) is 0 Å². The summed E-state index contributed by atoms with van der Waals surface area (Å²) < 4.78 is 10.4. The molecule has 1 atom stereocenters. The molecule has 0 aromatic rings. The Kier molecular flexibility index (Phi) is 1.58.